The van der Waals surface area contributed by atoms with E-state index in [2.05, 4.69) is 4.98 Å². The Bertz CT molecular complexity index is 443. The first-order chi connectivity index (χ1) is 9.19. The van der Waals surface area contributed by atoms with Crippen molar-refractivity contribution in [3.8, 4) is 0 Å². The SMILES string of the molecule is Cc1ccnc(C(O)C2CCOC3(CCOC3)C2)c1. The van der Waals surface area contributed by atoms with Gasteiger partial charge in [-0.05, 0) is 43.4 Å². The monoisotopic (exact) mass is 263 g/mol. The van der Waals surface area contributed by atoms with Gasteiger partial charge in [0.1, 0.15) is 0 Å². The van der Waals surface area contributed by atoms with E-state index in [9.17, 15) is 5.11 Å². The summed E-state index contributed by atoms with van der Waals surface area (Å²) >= 11 is 0. The molecule has 0 radical (unpaired) electrons. The molecule has 2 fully saturated rings. The molecule has 4 heteroatoms. The molecule has 4 nitrogen and oxygen atoms in total. The van der Waals surface area contributed by atoms with Crippen molar-refractivity contribution in [3.05, 3.63) is 29.6 Å². The summed E-state index contributed by atoms with van der Waals surface area (Å²) in [5.74, 6) is 0.213. The summed E-state index contributed by atoms with van der Waals surface area (Å²) in [6.07, 6.45) is 3.96. The maximum absolute atomic E-state index is 10.6. The minimum absolute atomic E-state index is 0.159. The highest BCUT2D eigenvalue weighted by Crippen LogP contribution is 2.40. The van der Waals surface area contributed by atoms with E-state index in [1.165, 1.54) is 0 Å². The lowest BCUT2D eigenvalue weighted by atomic mass is 9.81. The normalized spacial score (nSPS) is 32.6. The zero-order valence-electron chi connectivity index (χ0n) is 11.3. The lowest BCUT2D eigenvalue weighted by Gasteiger charge is -2.38. The molecule has 19 heavy (non-hydrogen) atoms. The Morgan fingerprint density at radius 2 is 2.37 bits per heavy atom. The van der Waals surface area contributed by atoms with Crippen LogP contribution in [0, 0.1) is 12.8 Å². The summed E-state index contributed by atoms with van der Waals surface area (Å²) in [6, 6.07) is 3.92. The highest BCUT2D eigenvalue weighted by atomic mass is 16.6. The van der Waals surface area contributed by atoms with Crippen LogP contribution in [0.25, 0.3) is 0 Å². The number of rotatable bonds is 2. The topological polar surface area (TPSA) is 51.6 Å². The molecule has 2 saturated heterocycles. The lowest BCUT2D eigenvalue weighted by Crippen LogP contribution is -2.42. The summed E-state index contributed by atoms with van der Waals surface area (Å²) in [6.45, 7) is 4.16. The quantitative estimate of drug-likeness (QED) is 0.886. The van der Waals surface area contributed by atoms with Gasteiger partial charge in [-0.25, -0.2) is 0 Å². The number of aromatic nitrogens is 1. The first-order valence-electron chi connectivity index (χ1n) is 7.01. The molecule has 0 bridgehead atoms. The average molecular weight is 263 g/mol. The van der Waals surface area contributed by atoms with E-state index in [1.54, 1.807) is 6.20 Å². The average Bonchev–Trinajstić information content (AvgIpc) is 2.86. The molecule has 2 aliphatic heterocycles. The van der Waals surface area contributed by atoms with E-state index in [1.807, 2.05) is 19.1 Å². The number of aliphatic hydroxyl groups is 1. The largest absolute Gasteiger partial charge is 0.387 e. The van der Waals surface area contributed by atoms with Crippen LogP contribution in [0.3, 0.4) is 0 Å². The van der Waals surface area contributed by atoms with Crippen molar-refractivity contribution in [1.82, 2.24) is 4.98 Å². The Balaban J connectivity index is 1.74. The van der Waals surface area contributed by atoms with Crippen LogP contribution in [0.5, 0.6) is 0 Å². The van der Waals surface area contributed by atoms with Crippen molar-refractivity contribution < 1.29 is 14.6 Å². The third kappa shape index (κ3) is 2.66. The maximum atomic E-state index is 10.6. The summed E-state index contributed by atoms with van der Waals surface area (Å²) in [5, 5.41) is 10.6. The Hall–Kier alpha value is -0.970. The zero-order chi connectivity index (χ0) is 13.3. The minimum atomic E-state index is -0.499. The van der Waals surface area contributed by atoms with Crippen LogP contribution < -0.4 is 0 Å². The molecule has 0 aromatic carbocycles. The Morgan fingerprint density at radius 3 is 3.11 bits per heavy atom. The molecule has 1 spiro atoms. The fourth-order valence-corrected chi connectivity index (χ4v) is 3.16. The van der Waals surface area contributed by atoms with Crippen LogP contribution >= 0.6 is 0 Å². The van der Waals surface area contributed by atoms with Gasteiger partial charge < -0.3 is 14.6 Å². The predicted molar refractivity (Wildman–Crippen MR) is 70.8 cm³/mol. The van der Waals surface area contributed by atoms with Gasteiger partial charge in [0.25, 0.3) is 0 Å². The lowest BCUT2D eigenvalue weighted by molar-refractivity contribution is -0.117. The highest BCUT2D eigenvalue weighted by Gasteiger charge is 2.43. The predicted octanol–water partition coefficient (Wildman–Crippen LogP) is 2.01. The molecule has 0 aliphatic carbocycles. The summed E-state index contributed by atoms with van der Waals surface area (Å²) in [7, 11) is 0. The van der Waals surface area contributed by atoms with E-state index < -0.39 is 6.10 Å². The van der Waals surface area contributed by atoms with Crippen molar-refractivity contribution in [2.24, 2.45) is 5.92 Å². The molecule has 0 saturated carbocycles. The Labute approximate surface area is 113 Å². The van der Waals surface area contributed by atoms with Crippen molar-refractivity contribution in [2.45, 2.75) is 37.9 Å². The van der Waals surface area contributed by atoms with Gasteiger partial charge >= 0.3 is 0 Å². The molecular weight excluding hydrogens is 242 g/mol. The second-order valence-electron chi connectivity index (χ2n) is 5.79. The molecule has 104 valence electrons. The third-order valence-electron chi connectivity index (χ3n) is 4.28. The van der Waals surface area contributed by atoms with Gasteiger partial charge in [0, 0.05) is 25.8 Å². The second-order valence-corrected chi connectivity index (χ2v) is 5.79. The van der Waals surface area contributed by atoms with E-state index in [0.717, 1.165) is 37.1 Å². The van der Waals surface area contributed by atoms with Gasteiger partial charge in [0.15, 0.2) is 0 Å². The molecule has 0 amide bonds. The highest BCUT2D eigenvalue weighted by molar-refractivity contribution is 5.17. The number of aryl methyl sites for hydroxylation is 1. The zero-order valence-corrected chi connectivity index (χ0v) is 11.3. The fraction of sp³-hybridized carbons (Fsp3) is 0.667. The number of hydrogen-bond donors (Lipinski definition) is 1. The molecule has 3 rings (SSSR count). The van der Waals surface area contributed by atoms with Crippen LogP contribution in [0.4, 0.5) is 0 Å². The van der Waals surface area contributed by atoms with Gasteiger partial charge in [0.05, 0.1) is 24.0 Å². The first-order valence-corrected chi connectivity index (χ1v) is 7.01. The van der Waals surface area contributed by atoms with Gasteiger partial charge in [-0.1, -0.05) is 0 Å². The maximum Gasteiger partial charge on any atom is 0.0989 e. The molecule has 3 heterocycles. The summed E-state index contributed by atoms with van der Waals surface area (Å²) in [5.41, 5.74) is 1.75. The van der Waals surface area contributed by atoms with Crippen molar-refractivity contribution in [2.75, 3.05) is 19.8 Å². The molecule has 1 aromatic heterocycles. The van der Waals surface area contributed by atoms with Crippen molar-refractivity contribution in [1.29, 1.82) is 0 Å². The number of nitrogens with zero attached hydrogens (tertiary/aromatic N) is 1. The molecule has 1 aromatic rings. The molecular formula is C15H21NO3. The van der Waals surface area contributed by atoms with Crippen LogP contribution in [-0.2, 0) is 9.47 Å². The van der Waals surface area contributed by atoms with Crippen LogP contribution in [0.15, 0.2) is 18.3 Å². The molecule has 2 aliphatic rings. The molecule has 3 atom stereocenters. The molecule has 3 unspecified atom stereocenters. The number of hydrogen-bond acceptors (Lipinski definition) is 4. The number of aliphatic hydroxyl groups excluding tert-OH is 1. The van der Waals surface area contributed by atoms with Crippen LogP contribution in [0.1, 0.15) is 36.6 Å². The van der Waals surface area contributed by atoms with E-state index in [4.69, 9.17) is 9.47 Å². The van der Waals surface area contributed by atoms with Crippen LogP contribution in [0.2, 0.25) is 0 Å². The minimum Gasteiger partial charge on any atom is -0.387 e. The van der Waals surface area contributed by atoms with E-state index in [0.29, 0.717) is 13.2 Å². The Morgan fingerprint density at radius 1 is 1.47 bits per heavy atom. The summed E-state index contributed by atoms with van der Waals surface area (Å²) in [4.78, 5) is 4.31. The van der Waals surface area contributed by atoms with Gasteiger partial charge in [-0.3, -0.25) is 4.98 Å². The Kier molecular flexibility index (Phi) is 3.56. The van der Waals surface area contributed by atoms with Crippen molar-refractivity contribution in [3.63, 3.8) is 0 Å². The fourth-order valence-electron chi connectivity index (χ4n) is 3.16. The van der Waals surface area contributed by atoms with Crippen molar-refractivity contribution >= 4 is 0 Å². The standard InChI is InChI=1S/C15H21NO3/c1-11-2-5-16-13(8-11)14(17)12-3-6-19-15(9-12)4-7-18-10-15/h2,5,8,12,14,17H,3-4,6-7,9-10H2,1H3. The van der Waals surface area contributed by atoms with Gasteiger partial charge in [0.2, 0.25) is 0 Å². The first kappa shape index (κ1) is 13.0. The second kappa shape index (κ2) is 5.19. The number of ether oxygens (including phenoxy) is 2. The van der Waals surface area contributed by atoms with E-state index >= 15 is 0 Å². The van der Waals surface area contributed by atoms with Crippen LogP contribution in [-0.4, -0.2) is 35.5 Å². The number of pyridine rings is 1. The third-order valence-corrected chi connectivity index (χ3v) is 4.28. The molecule has 1 N–H and O–H groups in total. The van der Waals surface area contributed by atoms with Gasteiger partial charge in [-0.15, -0.1) is 0 Å². The smallest absolute Gasteiger partial charge is 0.0989 e. The van der Waals surface area contributed by atoms with E-state index in [-0.39, 0.29) is 11.5 Å². The summed E-state index contributed by atoms with van der Waals surface area (Å²) < 4.78 is 11.4. The van der Waals surface area contributed by atoms with Gasteiger partial charge in [-0.2, -0.15) is 0 Å².